The number of unbranched alkanes of at least 4 members (excludes halogenated alkanes) is 39. The molecule has 0 fully saturated rings. The molecule has 0 aromatic carbocycles. The summed E-state index contributed by atoms with van der Waals surface area (Å²) in [6.45, 7) is 4.86. The van der Waals surface area contributed by atoms with Crippen molar-refractivity contribution in [3.8, 4) is 0 Å². The predicted octanol–water partition coefficient (Wildman–Crippen LogP) is 17.6. The fraction of sp³-hybridized carbons (Fsp3) is 0.914. The standard InChI is InChI=1S/C58H115N2O6P/c1-6-8-10-12-14-16-18-20-22-24-26-27-28-29-30-31-32-34-36-38-40-42-44-46-48-50-52-58(62)59-56(55-66-67(63,64)65-54-53-60(3,4)5)57(61)51-49-47-45-43-41-39-37-35-33-25-23-21-19-17-15-13-11-9-7-2/h29-30,49,51,56-57,61H,6-28,31-48,50,52-55H2,1-5H3,(H-,59,62,63,64)/p+1/b30-29-,51-49+. The maximum Gasteiger partial charge on any atom is 0.472 e. The van der Waals surface area contributed by atoms with E-state index >= 15 is 0 Å². The van der Waals surface area contributed by atoms with Crippen LogP contribution in [0.15, 0.2) is 24.3 Å². The van der Waals surface area contributed by atoms with Gasteiger partial charge in [0.2, 0.25) is 5.91 Å². The number of allylic oxidation sites excluding steroid dienone is 3. The number of aliphatic hydroxyl groups excluding tert-OH is 1. The van der Waals surface area contributed by atoms with Crippen LogP contribution in [0.25, 0.3) is 0 Å². The molecule has 0 aliphatic carbocycles. The van der Waals surface area contributed by atoms with Crippen LogP contribution < -0.4 is 5.32 Å². The smallest absolute Gasteiger partial charge is 0.387 e. The lowest BCUT2D eigenvalue weighted by Gasteiger charge is -2.25. The molecule has 1 amide bonds. The normalized spacial score (nSPS) is 14.1. The van der Waals surface area contributed by atoms with Gasteiger partial charge in [-0.3, -0.25) is 13.8 Å². The fourth-order valence-electron chi connectivity index (χ4n) is 8.80. The van der Waals surface area contributed by atoms with Crippen molar-refractivity contribution in [1.82, 2.24) is 5.32 Å². The van der Waals surface area contributed by atoms with E-state index in [2.05, 4.69) is 31.3 Å². The van der Waals surface area contributed by atoms with Crippen LogP contribution in [0.2, 0.25) is 0 Å². The molecule has 3 N–H and O–H groups in total. The minimum absolute atomic E-state index is 0.0630. The Morgan fingerprint density at radius 1 is 0.493 bits per heavy atom. The first kappa shape index (κ1) is 66.0. The van der Waals surface area contributed by atoms with Gasteiger partial charge >= 0.3 is 7.82 Å². The van der Waals surface area contributed by atoms with Gasteiger partial charge in [-0.05, 0) is 44.9 Å². The van der Waals surface area contributed by atoms with Crippen LogP contribution in [0.3, 0.4) is 0 Å². The monoisotopic (exact) mass is 968 g/mol. The van der Waals surface area contributed by atoms with Crippen molar-refractivity contribution in [3.05, 3.63) is 24.3 Å². The number of nitrogens with one attached hydrogen (secondary N) is 1. The van der Waals surface area contributed by atoms with E-state index in [1.54, 1.807) is 6.08 Å². The summed E-state index contributed by atoms with van der Waals surface area (Å²) in [6.07, 6.45) is 62.8. The number of rotatable bonds is 54. The summed E-state index contributed by atoms with van der Waals surface area (Å²) in [5.41, 5.74) is 0. The quantitative estimate of drug-likeness (QED) is 0.0243. The molecule has 0 heterocycles. The molecular weight excluding hydrogens is 852 g/mol. The van der Waals surface area contributed by atoms with Crippen molar-refractivity contribution in [2.24, 2.45) is 0 Å². The first-order valence-electron chi connectivity index (χ1n) is 29.2. The van der Waals surface area contributed by atoms with Crippen LogP contribution in [-0.4, -0.2) is 73.4 Å². The molecule has 0 rings (SSSR count). The summed E-state index contributed by atoms with van der Waals surface area (Å²) in [5.74, 6) is -0.174. The molecule has 0 bridgehead atoms. The van der Waals surface area contributed by atoms with Crippen LogP contribution in [0.5, 0.6) is 0 Å². The summed E-state index contributed by atoms with van der Waals surface area (Å²) in [5, 5.41) is 13.9. The van der Waals surface area contributed by atoms with Crippen molar-refractivity contribution in [1.29, 1.82) is 0 Å². The number of quaternary nitrogens is 1. The third-order valence-corrected chi connectivity index (χ3v) is 14.4. The Kier molecular flexibility index (Phi) is 49.2. The highest BCUT2D eigenvalue weighted by Crippen LogP contribution is 2.43. The Bertz CT molecular complexity index is 1140. The predicted molar refractivity (Wildman–Crippen MR) is 291 cm³/mol. The molecule has 0 saturated carbocycles. The Labute approximate surface area is 417 Å². The van der Waals surface area contributed by atoms with Crippen LogP contribution in [0.4, 0.5) is 0 Å². The number of hydrogen-bond acceptors (Lipinski definition) is 5. The van der Waals surface area contributed by atoms with E-state index in [4.69, 9.17) is 9.05 Å². The van der Waals surface area contributed by atoms with Crippen molar-refractivity contribution in [2.45, 2.75) is 302 Å². The van der Waals surface area contributed by atoms with Crippen molar-refractivity contribution in [2.75, 3.05) is 40.9 Å². The number of nitrogens with zero attached hydrogens (tertiary/aromatic N) is 1. The van der Waals surface area contributed by atoms with Gasteiger partial charge in [0.25, 0.3) is 0 Å². The van der Waals surface area contributed by atoms with Gasteiger partial charge in [0.15, 0.2) is 0 Å². The SMILES string of the molecule is CCCCCCCCCCCCCC/C=C\CCCCCCCCCCCCC(=O)NC(COP(=O)(O)OCC[N+](C)(C)C)C(O)/C=C/CCCCCCCCCCCCCCCCCCC. The van der Waals surface area contributed by atoms with E-state index in [9.17, 15) is 19.4 Å². The molecule has 0 radical (unpaired) electrons. The number of aliphatic hydroxyl groups is 1. The Morgan fingerprint density at radius 2 is 0.806 bits per heavy atom. The van der Waals surface area contributed by atoms with Gasteiger partial charge < -0.3 is 19.8 Å². The molecule has 8 nitrogen and oxygen atoms in total. The number of amides is 1. The zero-order chi connectivity index (χ0) is 49.2. The third kappa shape index (κ3) is 52.6. The van der Waals surface area contributed by atoms with Crippen LogP contribution >= 0.6 is 7.82 Å². The zero-order valence-corrected chi connectivity index (χ0v) is 46.3. The molecule has 0 aromatic heterocycles. The number of carbonyl (C=O) groups excluding carboxylic acids is 1. The highest BCUT2D eigenvalue weighted by molar-refractivity contribution is 7.47. The van der Waals surface area contributed by atoms with Crippen LogP contribution in [-0.2, 0) is 18.4 Å². The Morgan fingerprint density at radius 3 is 1.15 bits per heavy atom. The molecule has 398 valence electrons. The number of hydrogen-bond donors (Lipinski definition) is 3. The van der Waals surface area contributed by atoms with Gasteiger partial charge in [-0.25, -0.2) is 4.57 Å². The first-order valence-corrected chi connectivity index (χ1v) is 30.7. The molecule has 0 aromatic rings. The summed E-state index contributed by atoms with van der Waals surface area (Å²) < 4.78 is 23.7. The second kappa shape index (κ2) is 49.9. The van der Waals surface area contributed by atoms with Crippen molar-refractivity contribution in [3.63, 3.8) is 0 Å². The maximum absolute atomic E-state index is 13.0. The highest BCUT2D eigenvalue weighted by Gasteiger charge is 2.27. The second-order valence-electron chi connectivity index (χ2n) is 21.4. The summed E-state index contributed by atoms with van der Waals surface area (Å²) in [4.78, 5) is 23.3. The van der Waals surface area contributed by atoms with Gasteiger partial charge in [0, 0.05) is 6.42 Å². The van der Waals surface area contributed by atoms with E-state index in [0.29, 0.717) is 17.4 Å². The highest BCUT2D eigenvalue weighted by atomic mass is 31.2. The van der Waals surface area contributed by atoms with E-state index in [1.807, 2.05) is 27.2 Å². The Hall–Kier alpha value is -1.02. The van der Waals surface area contributed by atoms with E-state index in [-0.39, 0.29) is 19.1 Å². The van der Waals surface area contributed by atoms with E-state index in [0.717, 1.165) is 38.5 Å². The molecule has 3 atom stereocenters. The lowest BCUT2D eigenvalue weighted by Crippen LogP contribution is -2.45. The number of phosphoric ester groups is 1. The molecule has 9 heteroatoms. The van der Waals surface area contributed by atoms with Gasteiger partial charge in [-0.2, -0.15) is 0 Å². The minimum atomic E-state index is -4.34. The molecule has 0 aliphatic rings. The van der Waals surface area contributed by atoms with Gasteiger partial charge in [0.1, 0.15) is 13.2 Å². The molecule has 0 saturated heterocycles. The summed E-state index contributed by atoms with van der Waals surface area (Å²) in [7, 11) is 1.58. The van der Waals surface area contributed by atoms with Crippen LogP contribution in [0, 0.1) is 0 Å². The van der Waals surface area contributed by atoms with Gasteiger partial charge in [-0.15, -0.1) is 0 Å². The first-order chi connectivity index (χ1) is 32.5. The molecule has 0 spiro atoms. The number of likely N-dealkylation sites (N-methyl/N-ethyl adjacent to an activating group) is 1. The summed E-state index contributed by atoms with van der Waals surface area (Å²) >= 11 is 0. The van der Waals surface area contributed by atoms with Gasteiger partial charge in [-0.1, -0.05) is 263 Å². The lowest BCUT2D eigenvalue weighted by atomic mass is 10.0. The minimum Gasteiger partial charge on any atom is -0.387 e. The van der Waals surface area contributed by atoms with Crippen molar-refractivity contribution < 1.29 is 32.9 Å². The molecular formula is C58H116N2O6P+. The topological polar surface area (TPSA) is 105 Å². The third-order valence-electron chi connectivity index (χ3n) is 13.4. The molecule has 67 heavy (non-hydrogen) atoms. The maximum atomic E-state index is 13.0. The average molecular weight is 969 g/mol. The molecule has 0 aliphatic heterocycles. The van der Waals surface area contributed by atoms with E-state index in [1.165, 1.54) is 231 Å². The van der Waals surface area contributed by atoms with Crippen LogP contribution in [0.1, 0.15) is 290 Å². The Balaban J connectivity index is 4.17. The largest absolute Gasteiger partial charge is 0.472 e. The second-order valence-corrected chi connectivity index (χ2v) is 22.8. The number of phosphoric acid groups is 1. The van der Waals surface area contributed by atoms with Crippen molar-refractivity contribution >= 4 is 13.7 Å². The van der Waals surface area contributed by atoms with Gasteiger partial charge in [0.05, 0.1) is 39.9 Å². The lowest BCUT2D eigenvalue weighted by molar-refractivity contribution is -0.870. The number of carbonyl (C=O) groups is 1. The van der Waals surface area contributed by atoms with E-state index < -0.39 is 20.0 Å². The zero-order valence-electron chi connectivity index (χ0n) is 45.4. The average Bonchev–Trinajstić information content (AvgIpc) is 3.29. The molecule has 3 unspecified atom stereocenters. The summed E-state index contributed by atoms with van der Waals surface area (Å²) in [6, 6.07) is -0.846. The fourth-order valence-corrected chi connectivity index (χ4v) is 9.54.